The van der Waals surface area contributed by atoms with Gasteiger partial charge in [-0.25, -0.2) is 14.5 Å². The molecule has 0 saturated carbocycles. The Kier molecular flexibility index (Phi) is 3.87. The van der Waals surface area contributed by atoms with E-state index in [1.807, 2.05) is 25.3 Å². The molecule has 0 radical (unpaired) electrons. The van der Waals surface area contributed by atoms with Gasteiger partial charge >= 0.3 is 0 Å². The van der Waals surface area contributed by atoms with Crippen molar-refractivity contribution in [3.8, 4) is 11.5 Å². The number of halogens is 1. The molecule has 4 heterocycles. The molecule has 1 aliphatic rings. The summed E-state index contributed by atoms with van der Waals surface area (Å²) in [6, 6.07) is 0. The molecule has 0 aromatic carbocycles. The molecule has 0 fully saturated rings. The Hall–Kier alpha value is -1.99. The van der Waals surface area contributed by atoms with E-state index in [0.717, 1.165) is 40.1 Å². The van der Waals surface area contributed by atoms with E-state index in [1.165, 1.54) is 16.9 Å². The highest BCUT2D eigenvalue weighted by molar-refractivity contribution is 7.19. The van der Waals surface area contributed by atoms with E-state index < -0.39 is 0 Å². The number of aromatic nitrogens is 6. The van der Waals surface area contributed by atoms with Crippen molar-refractivity contribution >= 4 is 38.8 Å². The van der Waals surface area contributed by atoms with E-state index in [-0.39, 0.29) is 0 Å². The average molecular weight is 415 g/mol. The van der Waals surface area contributed by atoms with Crippen LogP contribution in [0.5, 0.6) is 0 Å². The second-order valence-corrected chi connectivity index (χ2v) is 10.3. The molecule has 0 spiro atoms. The van der Waals surface area contributed by atoms with Gasteiger partial charge < -0.3 is 0 Å². The van der Waals surface area contributed by atoms with E-state index in [1.54, 1.807) is 15.5 Å². The predicted molar refractivity (Wildman–Crippen MR) is 113 cm³/mol. The zero-order chi connectivity index (χ0) is 19.8. The van der Waals surface area contributed by atoms with Gasteiger partial charge in [0, 0.05) is 11.9 Å². The Balaban J connectivity index is 1.69. The molecule has 146 valence electrons. The lowest BCUT2D eigenvalue weighted by molar-refractivity contribution is 0.218. The minimum atomic E-state index is 0.326. The topological polar surface area (TPSA) is 60.9 Å². The first-order valence-electron chi connectivity index (χ1n) is 9.59. The summed E-state index contributed by atoms with van der Waals surface area (Å²) >= 11 is 8.28. The maximum absolute atomic E-state index is 6.46. The van der Waals surface area contributed by atoms with Crippen molar-refractivity contribution in [2.75, 3.05) is 0 Å². The molecular weight excluding hydrogens is 392 g/mol. The summed E-state index contributed by atoms with van der Waals surface area (Å²) in [5.41, 5.74) is 4.12. The Labute approximate surface area is 172 Å². The summed E-state index contributed by atoms with van der Waals surface area (Å²) in [4.78, 5) is 12.1. The number of thiophene rings is 1. The first kappa shape index (κ1) is 18.1. The fourth-order valence-electron chi connectivity index (χ4n) is 4.29. The van der Waals surface area contributed by atoms with E-state index >= 15 is 0 Å². The van der Waals surface area contributed by atoms with Crippen molar-refractivity contribution in [2.45, 2.75) is 47.0 Å². The standard InChI is InChI=1S/C20H23ClN6S/c1-10-15(21)16(26(5)24-10)17-23-18-14-12-7-6-11(20(2,3)4)8-13(12)28-19(14)22-9-27(18)25-17/h9,11H,6-8H2,1-5H3/t11-/m0/s1. The van der Waals surface area contributed by atoms with Crippen LogP contribution in [0.2, 0.25) is 5.02 Å². The molecule has 0 amide bonds. The van der Waals surface area contributed by atoms with Gasteiger partial charge in [0.1, 0.15) is 16.9 Å². The van der Waals surface area contributed by atoms with Gasteiger partial charge in [-0.05, 0) is 43.1 Å². The van der Waals surface area contributed by atoms with Crippen LogP contribution in [0.3, 0.4) is 0 Å². The van der Waals surface area contributed by atoms with Gasteiger partial charge in [0.25, 0.3) is 0 Å². The summed E-state index contributed by atoms with van der Waals surface area (Å²) in [5.74, 6) is 1.29. The minimum absolute atomic E-state index is 0.326. The molecule has 0 unspecified atom stereocenters. The molecule has 0 aliphatic heterocycles. The molecule has 1 aliphatic carbocycles. The number of aryl methyl sites for hydroxylation is 3. The third kappa shape index (κ3) is 2.59. The zero-order valence-electron chi connectivity index (χ0n) is 16.7. The molecule has 8 heteroatoms. The van der Waals surface area contributed by atoms with Gasteiger partial charge in [0.15, 0.2) is 5.65 Å². The second-order valence-electron chi connectivity index (χ2n) is 8.81. The van der Waals surface area contributed by atoms with E-state index in [0.29, 0.717) is 22.2 Å². The molecule has 0 saturated heterocycles. The van der Waals surface area contributed by atoms with Crippen LogP contribution in [0, 0.1) is 18.3 Å². The van der Waals surface area contributed by atoms with E-state index in [4.69, 9.17) is 16.6 Å². The third-order valence-corrected chi connectivity index (χ3v) is 7.59. The maximum atomic E-state index is 6.46. The third-order valence-electron chi connectivity index (χ3n) is 5.97. The van der Waals surface area contributed by atoms with Gasteiger partial charge in [-0.3, -0.25) is 4.68 Å². The lowest BCUT2D eigenvalue weighted by Crippen LogP contribution is -2.26. The van der Waals surface area contributed by atoms with Gasteiger partial charge in [-0.2, -0.15) is 5.10 Å². The Morgan fingerprint density at radius 3 is 2.71 bits per heavy atom. The SMILES string of the molecule is Cc1nn(C)c(-c2nc3c4c5c(sc4ncn3n2)C[C@@H](C(C)(C)C)CC5)c1Cl. The smallest absolute Gasteiger partial charge is 0.202 e. The average Bonchev–Trinajstić information content (AvgIpc) is 3.26. The monoisotopic (exact) mass is 414 g/mol. The van der Waals surface area contributed by atoms with Crippen LogP contribution < -0.4 is 0 Å². The van der Waals surface area contributed by atoms with Crippen LogP contribution in [-0.2, 0) is 19.9 Å². The minimum Gasteiger partial charge on any atom is -0.263 e. The summed E-state index contributed by atoms with van der Waals surface area (Å²) in [6.45, 7) is 8.92. The first-order chi connectivity index (χ1) is 13.2. The fraction of sp³-hybridized carbons (Fsp3) is 0.500. The molecule has 5 rings (SSSR count). The van der Waals surface area contributed by atoms with Crippen molar-refractivity contribution in [1.29, 1.82) is 0 Å². The number of rotatable bonds is 1. The van der Waals surface area contributed by atoms with E-state index in [2.05, 4.69) is 36.0 Å². The van der Waals surface area contributed by atoms with Crippen LogP contribution >= 0.6 is 22.9 Å². The molecule has 4 aromatic rings. The van der Waals surface area contributed by atoms with Crippen molar-refractivity contribution in [3.63, 3.8) is 0 Å². The predicted octanol–water partition coefficient (Wildman–Crippen LogP) is 4.85. The highest BCUT2D eigenvalue weighted by Crippen LogP contribution is 2.43. The van der Waals surface area contributed by atoms with Crippen LogP contribution in [0.1, 0.15) is 43.3 Å². The number of hydrogen-bond acceptors (Lipinski definition) is 5. The van der Waals surface area contributed by atoms with Crippen LogP contribution in [-0.4, -0.2) is 29.4 Å². The normalized spacial score (nSPS) is 17.6. The molecule has 6 nitrogen and oxygen atoms in total. The Morgan fingerprint density at radius 1 is 1.25 bits per heavy atom. The quantitative estimate of drug-likeness (QED) is 0.446. The molecule has 0 N–H and O–H groups in total. The van der Waals surface area contributed by atoms with Gasteiger partial charge in [0.05, 0.1) is 16.1 Å². The Morgan fingerprint density at radius 2 is 2.04 bits per heavy atom. The van der Waals surface area contributed by atoms with E-state index in [9.17, 15) is 0 Å². The number of hydrogen-bond donors (Lipinski definition) is 0. The molecule has 1 atom stereocenters. The highest BCUT2D eigenvalue weighted by Gasteiger charge is 2.32. The van der Waals surface area contributed by atoms with Crippen LogP contribution in [0.15, 0.2) is 6.33 Å². The summed E-state index contributed by atoms with van der Waals surface area (Å²) in [5, 5.41) is 10.8. The van der Waals surface area contributed by atoms with Gasteiger partial charge in [-0.15, -0.1) is 16.4 Å². The Bertz CT molecular complexity index is 1230. The second kappa shape index (κ2) is 6.00. The maximum Gasteiger partial charge on any atom is 0.202 e. The molecule has 28 heavy (non-hydrogen) atoms. The summed E-state index contributed by atoms with van der Waals surface area (Å²) in [7, 11) is 1.87. The fourth-order valence-corrected chi connectivity index (χ4v) is 5.80. The lowest BCUT2D eigenvalue weighted by Gasteiger charge is -2.33. The number of fused-ring (bicyclic) bond motifs is 5. The largest absolute Gasteiger partial charge is 0.263 e. The molecule has 0 bridgehead atoms. The van der Waals surface area contributed by atoms with Crippen molar-refractivity contribution in [1.82, 2.24) is 29.4 Å². The van der Waals surface area contributed by atoms with Gasteiger partial charge in [0.2, 0.25) is 5.82 Å². The van der Waals surface area contributed by atoms with Crippen LogP contribution in [0.4, 0.5) is 0 Å². The first-order valence-corrected chi connectivity index (χ1v) is 10.8. The van der Waals surface area contributed by atoms with Crippen LogP contribution in [0.25, 0.3) is 27.4 Å². The molecular formula is C20H23ClN6S. The summed E-state index contributed by atoms with van der Waals surface area (Å²) < 4.78 is 3.52. The van der Waals surface area contributed by atoms with Gasteiger partial charge in [-0.1, -0.05) is 32.4 Å². The highest BCUT2D eigenvalue weighted by atomic mass is 35.5. The van der Waals surface area contributed by atoms with Crippen molar-refractivity contribution in [3.05, 3.63) is 27.5 Å². The lowest BCUT2D eigenvalue weighted by atomic mass is 9.72. The number of nitrogens with zero attached hydrogens (tertiary/aromatic N) is 6. The van der Waals surface area contributed by atoms with Crippen molar-refractivity contribution in [2.24, 2.45) is 18.4 Å². The molecule has 4 aromatic heterocycles. The summed E-state index contributed by atoms with van der Waals surface area (Å²) in [6.07, 6.45) is 5.16. The zero-order valence-corrected chi connectivity index (χ0v) is 18.3. The van der Waals surface area contributed by atoms with Crippen molar-refractivity contribution < 1.29 is 0 Å².